The molecule has 1 aromatic carbocycles. The quantitative estimate of drug-likeness (QED) is 0.509. The predicted octanol–water partition coefficient (Wildman–Crippen LogP) is 4.75. The first kappa shape index (κ1) is 20.6. The SMILES string of the molecule is Cc1nc2ccc(-c3ccccc3C(F)(F)F)nn2c1C(=O)Nc1ccnn1C(C)C. The molecule has 1 N–H and O–H groups in total. The van der Waals surface area contributed by atoms with Crippen molar-refractivity contribution < 1.29 is 18.0 Å². The summed E-state index contributed by atoms with van der Waals surface area (Å²) in [6.45, 7) is 5.49. The van der Waals surface area contributed by atoms with Gasteiger partial charge in [0.15, 0.2) is 11.3 Å². The highest BCUT2D eigenvalue weighted by molar-refractivity contribution is 6.04. The Morgan fingerprint density at radius 1 is 1.10 bits per heavy atom. The third-order valence-electron chi connectivity index (χ3n) is 4.78. The summed E-state index contributed by atoms with van der Waals surface area (Å²) in [6.07, 6.45) is -2.96. The molecule has 4 rings (SSSR count). The van der Waals surface area contributed by atoms with E-state index < -0.39 is 17.6 Å². The summed E-state index contributed by atoms with van der Waals surface area (Å²) in [5.41, 5.74) is 0.102. The van der Waals surface area contributed by atoms with E-state index in [1.807, 2.05) is 13.8 Å². The third kappa shape index (κ3) is 3.76. The van der Waals surface area contributed by atoms with Crippen LogP contribution in [0.15, 0.2) is 48.7 Å². The molecule has 0 unspecified atom stereocenters. The van der Waals surface area contributed by atoms with E-state index in [1.165, 1.54) is 34.8 Å². The summed E-state index contributed by atoms with van der Waals surface area (Å²) >= 11 is 0. The Hall–Kier alpha value is -3.69. The normalized spacial score (nSPS) is 12.0. The van der Waals surface area contributed by atoms with Gasteiger partial charge in [-0.1, -0.05) is 18.2 Å². The van der Waals surface area contributed by atoms with Crippen molar-refractivity contribution in [1.29, 1.82) is 0 Å². The van der Waals surface area contributed by atoms with Gasteiger partial charge in [0, 0.05) is 17.7 Å². The molecule has 0 radical (unpaired) electrons. The fraction of sp³-hybridized carbons (Fsp3) is 0.238. The van der Waals surface area contributed by atoms with Crippen molar-refractivity contribution >= 4 is 17.4 Å². The van der Waals surface area contributed by atoms with Crippen LogP contribution in [0, 0.1) is 6.92 Å². The number of alkyl halides is 3. The number of anilines is 1. The Kier molecular flexibility index (Phi) is 5.00. The number of nitrogens with one attached hydrogen (secondary N) is 1. The van der Waals surface area contributed by atoms with E-state index in [4.69, 9.17) is 0 Å². The number of fused-ring (bicyclic) bond motifs is 1. The molecule has 0 bridgehead atoms. The number of imidazole rings is 1. The molecule has 7 nitrogen and oxygen atoms in total. The van der Waals surface area contributed by atoms with Crippen LogP contribution in [0.2, 0.25) is 0 Å². The lowest BCUT2D eigenvalue weighted by molar-refractivity contribution is -0.137. The van der Waals surface area contributed by atoms with Crippen molar-refractivity contribution in [3.05, 3.63) is 65.6 Å². The Labute approximate surface area is 175 Å². The topological polar surface area (TPSA) is 77.1 Å². The molecule has 0 atom stereocenters. The van der Waals surface area contributed by atoms with E-state index in [1.54, 1.807) is 23.9 Å². The van der Waals surface area contributed by atoms with Crippen LogP contribution in [-0.2, 0) is 6.18 Å². The Morgan fingerprint density at radius 3 is 2.55 bits per heavy atom. The van der Waals surface area contributed by atoms with Crippen molar-refractivity contribution in [3.63, 3.8) is 0 Å². The molecule has 160 valence electrons. The molecule has 0 saturated carbocycles. The number of aryl methyl sites for hydroxylation is 1. The van der Waals surface area contributed by atoms with E-state index >= 15 is 0 Å². The average Bonchev–Trinajstić information content (AvgIpc) is 3.30. The first-order chi connectivity index (χ1) is 14.7. The number of carbonyl (C=O) groups excluding carboxylic acids is 1. The standard InChI is InChI=1S/C21H19F3N6O/c1-12(2)29-18(10-11-25-29)27-20(31)19-13(3)26-17-9-8-16(28-30(17)19)14-6-4-5-7-15(14)21(22,23)24/h4-12H,1-3H3,(H,27,31). The van der Waals surface area contributed by atoms with Gasteiger partial charge in [0.25, 0.3) is 5.91 Å². The van der Waals surface area contributed by atoms with Crippen LogP contribution in [0.3, 0.4) is 0 Å². The van der Waals surface area contributed by atoms with Crippen LogP contribution in [0.5, 0.6) is 0 Å². The van der Waals surface area contributed by atoms with Gasteiger partial charge in [0.1, 0.15) is 5.82 Å². The monoisotopic (exact) mass is 428 g/mol. The van der Waals surface area contributed by atoms with Gasteiger partial charge in [-0.25, -0.2) is 14.2 Å². The maximum Gasteiger partial charge on any atom is 0.417 e. The zero-order valence-corrected chi connectivity index (χ0v) is 17.0. The van der Waals surface area contributed by atoms with Crippen LogP contribution in [0.25, 0.3) is 16.9 Å². The zero-order chi connectivity index (χ0) is 22.3. The Bertz CT molecular complexity index is 1270. The van der Waals surface area contributed by atoms with Gasteiger partial charge < -0.3 is 5.32 Å². The second kappa shape index (κ2) is 7.53. The highest BCUT2D eigenvalue weighted by Gasteiger charge is 2.34. The molecule has 0 spiro atoms. The van der Waals surface area contributed by atoms with Gasteiger partial charge in [-0.3, -0.25) is 4.79 Å². The van der Waals surface area contributed by atoms with E-state index in [0.29, 0.717) is 17.2 Å². The summed E-state index contributed by atoms with van der Waals surface area (Å²) in [7, 11) is 0. The number of rotatable bonds is 4. The maximum absolute atomic E-state index is 13.5. The zero-order valence-electron chi connectivity index (χ0n) is 17.0. The average molecular weight is 428 g/mol. The molecule has 0 aliphatic rings. The highest BCUT2D eigenvalue weighted by Crippen LogP contribution is 2.36. The lowest BCUT2D eigenvalue weighted by Gasteiger charge is -2.13. The maximum atomic E-state index is 13.5. The molecular weight excluding hydrogens is 409 g/mol. The van der Waals surface area contributed by atoms with Crippen LogP contribution in [-0.4, -0.2) is 30.3 Å². The second-order valence-electron chi connectivity index (χ2n) is 7.29. The van der Waals surface area contributed by atoms with Crippen molar-refractivity contribution in [3.8, 4) is 11.3 Å². The molecule has 4 aromatic rings. The largest absolute Gasteiger partial charge is 0.417 e. The lowest BCUT2D eigenvalue weighted by atomic mass is 10.0. The smallest absolute Gasteiger partial charge is 0.305 e. The predicted molar refractivity (Wildman–Crippen MR) is 109 cm³/mol. The number of hydrogen-bond donors (Lipinski definition) is 1. The van der Waals surface area contributed by atoms with Crippen LogP contribution >= 0.6 is 0 Å². The summed E-state index contributed by atoms with van der Waals surface area (Å²) in [5.74, 6) is 0.00841. The molecule has 0 aliphatic carbocycles. The van der Waals surface area contributed by atoms with Gasteiger partial charge in [-0.05, 0) is 39.0 Å². The van der Waals surface area contributed by atoms with E-state index in [0.717, 1.165) is 6.07 Å². The summed E-state index contributed by atoms with van der Waals surface area (Å²) in [6, 6.07) is 9.87. The van der Waals surface area contributed by atoms with Gasteiger partial charge in [0.2, 0.25) is 0 Å². The van der Waals surface area contributed by atoms with E-state index in [2.05, 4.69) is 20.5 Å². The summed E-state index contributed by atoms with van der Waals surface area (Å²) in [4.78, 5) is 17.3. The van der Waals surface area contributed by atoms with Crippen LogP contribution in [0.1, 0.15) is 41.6 Å². The number of hydrogen-bond acceptors (Lipinski definition) is 4. The van der Waals surface area contributed by atoms with Gasteiger partial charge >= 0.3 is 6.18 Å². The molecule has 31 heavy (non-hydrogen) atoms. The van der Waals surface area contributed by atoms with Crippen molar-refractivity contribution in [2.45, 2.75) is 33.0 Å². The van der Waals surface area contributed by atoms with E-state index in [-0.39, 0.29) is 23.0 Å². The van der Waals surface area contributed by atoms with E-state index in [9.17, 15) is 18.0 Å². The minimum Gasteiger partial charge on any atom is -0.305 e. The molecule has 3 aromatic heterocycles. The molecule has 0 saturated heterocycles. The number of aromatic nitrogens is 5. The molecular formula is C21H19F3N6O. The second-order valence-corrected chi connectivity index (χ2v) is 7.29. The van der Waals surface area contributed by atoms with Gasteiger partial charge in [-0.2, -0.15) is 23.4 Å². The van der Waals surface area contributed by atoms with Gasteiger partial charge in [0.05, 0.1) is 23.1 Å². The first-order valence-corrected chi connectivity index (χ1v) is 9.54. The Balaban J connectivity index is 1.79. The summed E-state index contributed by atoms with van der Waals surface area (Å²) in [5, 5.41) is 11.3. The van der Waals surface area contributed by atoms with Crippen LogP contribution in [0.4, 0.5) is 19.0 Å². The first-order valence-electron chi connectivity index (χ1n) is 9.54. The highest BCUT2D eigenvalue weighted by atomic mass is 19.4. The Morgan fingerprint density at radius 2 is 1.84 bits per heavy atom. The number of nitrogens with zero attached hydrogens (tertiary/aromatic N) is 5. The number of carbonyl (C=O) groups is 1. The third-order valence-corrected chi connectivity index (χ3v) is 4.78. The molecule has 0 aliphatic heterocycles. The number of halogens is 3. The van der Waals surface area contributed by atoms with Crippen molar-refractivity contribution in [2.24, 2.45) is 0 Å². The number of benzene rings is 1. The number of amides is 1. The molecule has 3 heterocycles. The van der Waals surface area contributed by atoms with Crippen molar-refractivity contribution in [1.82, 2.24) is 24.4 Å². The molecule has 0 fully saturated rings. The molecule has 1 amide bonds. The van der Waals surface area contributed by atoms with Gasteiger partial charge in [-0.15, -0.1) is 0 Å². The van der Waals surface area contributed by atoms with Crippen molar-refractivity contribution in [2.75, 3.05) is 5.32 Å². The summed E-state index contributed by atoms with van der Waals surface area (Å²) < 4.78 is 43.3. The fourth-order valence-corrected chi connectivity index (χ4v) is 3.40. The minimum absolute atomic E-state index is 0.0252. The molecule has 10 heteroatoms. The lowest BCUT2D eigenvalue weighted by Crippen LogP contribution is -2.20. The van der Waals surface area contributed by atoms with Crippen LogP contribution < -0.4 is 5.32 Å². The minimum atomic E-state index is -4.53. The fourth-order valence-electron chi connectivity index (χ4n) is 3.40.